The first-order valence-electron chi connectivity index (χ1n) is 5.19. The topological polar surface area (TPSA) is 86.5 Å². The Labute approximate surface area is 102 Å². The van der Waals surface area contributed by atoms with Gasteiger partial charge in [-0.2, -0.15) is 11.8 Å². The number of nitrogens with one attached hydrogen (secondary N) is 3. The van der Waals surface area contributed by atoms with Crippen LogP contribution in [0, 0.1) is 0 Å². The van der Waals surface area contributed by atoms with Gasteiger partial charge < -0.3 is 10.3 Å². The summed E-state index contributed by atoms with van der Waals surface area (Å²) in [6.07, 6.45) is 5.04. The van der Waals surface area contributed by atoms with Gasteiger partial charge >= 0.3 is 0 Å². The lowest BCUT2D eigenvalue weighted by molar-refractivity contribution is 1.06. The van der Waals surface area contributed by atoms with Gasteiger partial charge in [-0.1, -0.05) is 0 Å². The molecule has 0 saturated carbocycles. The van der Waals surface area contributed by atoms with Crippen LogP contribution in [0.4, 0.5) is 5.95 Å². The van der Waals surface area contributed by atoms with Gasteiger partial charge in [-0.05, 0) is 0 Å². The molecule has 0 bridgehead atoms. The Balaban J connectivity index is 1.65. The summed E-state index contributed by atoms with van der Waals surface area (Å²) in [5.41, 5.74) is 0.896. The van der Waals surface area contributed by atoms with Gasteiger partial charge in [0.1, 0.15) is 0 Å². The molecule has 0 spiro atoms. The Kier molecular flexibility index (Phi) is 4.20. The highest BCUT2D eigenvalue weighted by Crippen LogP contribution is 2.08. The summed E-state index contributed by atoms with van der Waals surface area (Å²) < 4.78 is 0. The van der Waals surface area contributed by atoms with E-state index in [1.54, 1.807) is 18.1 Å². The van der Waals surface area contributed by atoms with E-state index in [-0.39, 0.29) is 5.56 Å². The number of anilines is 1. The van der Waals surface area contributed by atoms with E-state index in [0.29, 0.717) is 5.95 Å². The summed E-state index contributed by atoms with van der Waals surface area (Å²) in [5.74, 6) is 2.31. The first-order valence-corrected chi connectivity index (χ1v) is 6.34. The third-order valence-electron chi connectivity index (χ3n) is 2.01. The number of imidazole rings is 1. The highest BCUT2D eigenvalue weighted by molar-refractivity contribution is 7.98. The van der Waals surface area contributed by atoms with Crippen LogP contribution in [-0.2, 0) is 5.75 Å². The van der Waals surface area contributed by atoms with E-state index in [2.05, 4.69) is 25.3 Å². The fourth-order valence-electron chi connectivity index (χ4n) is 1.25. The molecular weight excluding hydrogens is 238 g/mol. The zero-order valence-corrected chi connectivity index (χ0v) is 9.96. The van der Waals surface area contributed by atoms with Gasteiger partial charge in [0.2, 0.25) is 5.95 Å². The third kappa shape index (κ3) is 3.95. The molecular formula is C10H13N5OS. The van der Waals surface area contributed by atoms with Crippen molar-refractivity contribution < 1.29 is 0 Å². The fourth-order valence-corrected chi connectivity index (χ4v) is 2.01. The first-order chi connectivity index (χ1) is 8.34. The van der Waals surface area contributed by atoms with Crippen LogP contribution < -0.4 is 10.9 Å². The van der Waals surface area contributed by atoms with Gasteiger partial charge in [0.15, 0.2) is 0 Å². The van der Waals surface area contributed by atoms with Gasteiger partial charge in [0, 0.05) is 36.5 Å². The van der Waals surface area contributed by atoms with Crippen molar-refractivity contribution in [3.8, 4) is 0 Å². The van der Waals surface area contributed by atoms with Crippen LogP contribution >= 0.6 is 11.8 Å². The normalized spacial score (nSPS) is 10.4. The highest BCUT2D eigenvalue weighted by Gasteiger charge is 1.96. The van der Waals surface area contributed by atoms with E-state index < -0.39 is 0 Å². The Hall–Kier alpha value is -1.76. The minimum Gasteiger partial charge on any atom is -0.355 e. The first kappa shape index (κ1) is 11.7. The Bertz CT molecular complexity index is 495. The van der Waals surface area contributed by atoms with Crippen molar-refractivity contribution in [1.29, 1.82) is 0 Å². The van der Waals surface area contributed by atoms with Gasteiger partial charge in [-0.15, -0.1) is 0 Å². The predicted molar refractivity (Wildman–Crippen MR) is 68.1 cm³/mol. The fraction of sp³-hybridized carbons (Fsp3) is 0.300. The molecule has 2 aromatic heterocycles. The van der Waals surface area contributed by atoms with E-state index in [9.17, 15) is 4.79 Å². The molecule has 0 unspecified atom stereocenters. The summed E-state index contributed by atoms with van der Waals surface area (Å²) in [6, 6.07) is 1.39. The molecule has 2 heterocycles. The molecule has 0 aromatic carbocycles. The number of hydrogen-bond acceptors (Lipinski definition) is 5. The smallest absolute Gasteiger partial charge is 0.252 e. The van der Waals surface area contributed by atoms with Crippen LogP contribution in [-0.4, -0.2) is 32.2 Å². The lowest BCUT2D eigenvalue weighted by atomic mass is 10.6. The number of aromatic nitrogens is 4. The second kappa shape index (κ2) is 6.09. The maximum Gasteiger partial charge on any atom is 0.252 e. The second-order valence-corrected chi connectivity index (χ2v) is 4.43. The summed E-state index contributed by atoms with van der Waals surface area (Å²) >= 11 is 1.77. The molecule has 0 radical (unpaired) electrons. The van der Waals surface area contributed by atoms with Crippen molar-refractivity contribution in [3.05, 3.63) is 40.8 Å². The molecule has 0 aliphatic rings. The summed E-state index contributed by atoms with van der Waals surface area (Å²) in [7, 11) is 0. The van der Waals surface area contributed by atoms with E-state index >= 15 is 0 Å². The van der Waals surface area contributed by atoms with E-state index in [1.165, 1.54) is 12.3 Å². The lowest BCUT2D eigenvalue weighted by Gasteiger charge is -2.03. The predicted octanol–water partition coefficient (Wildman–Crippen LogP) is 0.838. The minimum atomic E-state index is -0.147. The van der Waals surface area contributed by atoms with Crippen LogP contribution in [0.2, 0.25) is 0 Å². The number of H-pyrrole nitrogens is 2. The zero-order chi connectivity index (χ0) is 11.9. The molecule has 2 aromatic rings. The second-order valence-electron chi connectivity index (χ2n) is 3.32. The zero-order valence-electron chi connectivity index (χ0n) is 9.14. The standard InChI is InChI=1S/C10H13N5OS/c16-9-1-2-12-10(15-9)13-3-4-17-6-8-5-11-7-14-8/h1-2,5,7H,3-4,6H2,(H,11,14)(H2,12,13,15,16). The van der Waals surface area contributed by atoms with Gasteiger partial charge in [-0.25, -0.2) is 9.97 Å². The monoisotopic (exact) mass is 251 g/mol. The van der Waals surface area contributed by atoms with Gasteiger partial charge in [0.05, 0.1) is 12.0 Å². The Morgan fingerprint density at radius 2 is 2.35 bits per heavy atom. The average molecular weight is 251 g/mol. The Morgan fingerprint density at radius 1 is 1.41 bits per heavy atom. The number of rotatable bonds is 6. The molecule has 7 heteroatoms. The molecule has 6 nitrogen and oxygen atoms in total. The van der Waals surface area contributed by atoms with E-state index in [4.69, 9.17) is 0 Å². The molecule has 90 valence electrons. The van der Waals surface area contributed by atoms with Crippen LogP contribution in [0.25, 0.3) is 0 Å². The van der Waals surface area contributed by atoms with Crippen molar-refractivity contribution in [2.75, 3.05) is 17.6 Å². The van der Waals surface area contributed by atoms with Crippen LogP contribution in [0.5, 0.6) is 0 Å². The molecule has 0 fully saturated rings. The van der Waals surface area contributed by atoms with Gasteiger partial charge in [0.25, 0.3) is 5.56 Å². The maximum absolute atomic E-state index is 11.0. The highest BCUT2D eigenvalue weighted by atomic mass is 32.2. The SMILES string of the molecule is O=c1ccnc(NCCSCc2c[nH]cn2)[nH]1. The lowest BCUT2D eigenvalue weighted by Crippen LogP contribution is -2.13. The van der Waals surface area contributed by atoms with Crippen molar-refractivity contribution in [1.82, 2.24) is 19.9 Å². The summed E-state index contributed by atoms with van der Waals surface area (Å²) in [4.78, 5) is 24.6. The molecule has 17 heavy (non-hydrogen) atoms. The molecule has 0 saturated heterocycles. The third-order valence-corrected chi connectivity index (χ3v) is 3.01. The minimum absolute atomic E-state index is 0.147. The van der Waals surface area contributed by atoms with Crippen molar-refractivity contribution in [2.24, 2.45) is 0 Å². The van der Waals surface area contributed by atoms with Gasteiger partial charge in [-0.3, -0.25) is 9.78 Å². The van der Waals surface area contributed by atoms with E-state index in [1.807, 2.05) is 6.20 Å². The molecule has 0 amide bonds. The van der Waals surface area contributed by atoms with Crippen molar-refractivity contribution in [3.63, 3.8) is 0 Å². The number of thioether (sulfide) groups is 1. The quantitative estimate of drug-likeness (QED) is 0.662. The number of aromatic amines is 2. The maximum atomic E-state index is 11.0. The number of hydrogen-bond donors (Lipinski definition) is 3. The summed E-state index contributed by atoms with van der Waals surface area (Å²) in [6.45, 7) is 0.752. The van der Waals surface area contributed by atoms with E-state index in [0.717, 1.165) is 23.7 Å². The average Bonchev–Trinajstić information content (AvgIpc) is 2.82. The molecule has 3 N–H and O–H groups in total. The van der Waals surface area contributed by atoms with Crippen LogP contribution in [0.15, 0.2) is 29.6 Å². The summed E-state index contributed by atoms with van der Waals surface area (Å²) in [5, 5.41) is 3.05. The van der Waals surface area contributed by atoms with Crippen molar-refractivity contribution >= 4 is 17.7 Å². The largest absolute Gasteiger partial charge is 0.355 e. The number of nitrogens with zero attached hydrogens (tertiary/aromatic N) is 2. The Morgan fingerprint density at radius 3 is 3.12 bits per heavy atom. The van der Waals surface area contributed by atoms with Crippen LogP contribution in [0.1, 0.15) is 5.69 Å². The molecule has 0 aliphatic heterocycles. The van der Waals surface area contributed by atoms with Crippen molar-refractivity contribution in [2.45, 2.75) is 5.75 Å². The molecule has 0 aliphatic carbocycles. The van der Waals surface area contributed by atoms with Crippen LogP contribution in [0.3, 0.4) is 0 Å². The molecule has 0 atom stereocenters. The molecule has 2 rings (SSSR count).